The van der Waals surface area contributed by atoms with E-state index in [1.54, 1.807) is 31.4 Å². The van der Waals surface area contributed by atoms with Crippen molar-refractivity contribution in [2.45, 2.75) is 0 Å². The van der Waals surface area contributed by atoms with E-state index in [0.29, 0.717) is 11.0 Å². The Labute approximate surface area is 121 Å². The molecular weight excluding hydrogens is 266 g/mol. The zero-order valence-electron chi connectivity index (χ0n) is 11.4. The molecule has 0 spiro atoms. The maximum absolute atomic E-state index is 11.9. The summed E-state index contributed by atoms with van der Waals surface area (Å²) in [6.45, 7) is 0. The lowest BCUT2D eigenvalue weighted by Gasteiger charge is -1.99. The molecule has 2 aromatic carbocycles. The molecule has 4 nitrogen and oxygen atoms in total. The number of fused-ring (bicyclic) bond motifs is 1. The number of methoxy groups -OCH3 is 1. The van der Waals surface area contributed by atoms with E-state index in [1.165, 1.54) is 0 Å². The van der Waals surface area contributed by atoms with Gasteiger partial charge in [0, 0.05) is 6.08 Å². The third kappa shape index (κ3) is 2.84. The summed E-state index contributed by atoms with van der Waals surface area (Å²) in [5.74, 6) is 1.08. The number of nitrogens with zero attached hydrogens (tertiary/aromatic N) is 1. The second-order valence-electron chi connectivity index (χ2n) is 4.46. The molecule has 0 saturated carbocycles. The highest BCUT2D eigenvalue weighted by Crippen LogP contribution is 2.15. The molecule has 3 rings (SSSR count). The Morgan fingerprint density at radius 1 is 1.05 bits per heavy atom. The molecule has 104 valence electrons. The van der Waals surface area contributed by atoms with Crippen molar-refractivity contribution in [1.82, 2.24) is 4.98 Å². The lowest BCUT2D eigenvalue weighted by molar-refractivity contribution is 0.415. The van der Waals surface area contributed by atoms with Crippen molar-refractivity contribution in [3.63, 3.8) is 0 Å². The predicted molar refractivity (Wildman–Crippen MR) is 82.2 cm³/mol. The quantitative estimate of drug-likeness (QED) is 0.737. The smallest absolute Gasteiger partial charge is 0.284 e. The minimum Gasteiger partial charge on any atom is -0.497 e. The summed E-state index contributed by atoms with van der Waals surface area (Å²) in [7, 11) is 1.62. The van der Waals surface area contributed by atoms with E-state index in [0.717, 1.165) is 11.3 Å². The van der Waals surface area contributed by atoms with Gasteiger partial charge in [-0.3, -0.25) is 4.79 Å². The summed E-state index contributed by atoms with van der Waals surface area (Å²) >= 11 is 0. The number of benzene rings is 2. The molecule has 0 saturated heterocycles. The van der Waals surface area contributed by atoms with Gasteiger partial charge in [0.15, 0.2) is 0 Å². The highest BCUT2D eigenvalue weighted by atomic mass is 16.5. The Bertz CT molecular complexity index is 848. The molecule has 0 aliphatic rings. The number of para-hydroxylation sites is 1. The number of hydrogen-bond acceptors (Lipinski definition) is 4. The minimum atomic E-state index is -0.286. The maximum Gasteiger partial charge on any atom is 0.284 e. The molecule has 0 radical (unpaired) electrons. The molecule has 0 fully saturated rings. The van der Waals surface area contributed by atoms with Crippen molar-refractivity contribution < 1.29 is 9.15 Å². The average Bonchev–Trinajstić information content (AvgIpc) is 2.53. The summed E-state index contributed by atoms with van der Waals surface area (Å²) in [5.41, 5.74) is 1.21. The van der Waals surface area contributed by atoms with Gasteiger partial charge in [0.2, 0.25) is 5.89 Å². The van der Waals surface area contributed by atoms with Crippen LogP contribution in [0.25, 0.3) is 23.1 Å². The second kappa shape index (κ2) is 5.63. The third-order valence-corrected chi connectivity index (χ3v) is 3.08. The van der Waals surface area contributed by atoms with Crippen LogP contribution in [-0.2, 0) is 0 Å². The monoisotopic (exact) mass is 279 g/mol. The van der Waals surface area contributed by atoms with Crippen LogP contribution in [0.15, 0.2) is 57.7 Å². The summed E-state index contributed by atoms with van der Waals surface area (Å²) in [4.78, 5) is 15.8. The Morgan fingerprint density at radius 3 is 2.57 bits per heavy atom. The number of rotatable bonds is 3. The highest BCUT2D eigenvalue weighted by molar-refractivity contribution is 5.76. The predicted octanol–water partition coefficient (Wildman–Crippen LogP) is 3.37. The van der Waals surface area contributed by atoms with Crippen molar-refractivity contribution in [1.29, 1.82) is 0 Å². The summed E-state index contributed by atoms with van der Waals surface area (Å²) in [5, 5.41) is 0.485. The van der Waals surface area contributed by atoms with Crippen LogP contribution < -0.4 is 10.3 Å². The maximum atomic E-state index is 11.9. The third-order valence-electron chi connectivity index (χ3n) is 3.08. The van der Waals surface area contributed by atoms with Gasteiger partial charge in [0.25, 0.3) is 5.56 Å². The normalized spacial score (nSPS) is 11.1. The fourth-order valence-corrected chi connectivity index (χ4v) is 1.98. The fraction of sp³-hybridized carbons (Fsp3) is 0.0588. The SMILES string of the molecule is COc1ccc(/C=C/c2nc(=O)c3ccccc3o2)cc1. The lowest BCUT2D eigenvalue weighted by Crippen LogP contribution is -2.06. The first kappa shape index (κ1) is 13.1. The van der Waals surface area contributed by atoms with Crippen LogP contribution in [0.1, 0.15) is 11.5 Å². The number of ether oxygens (including phenoxy) is 1. The van der Waals surface area contributed by atoms with Crippen LogP contribution in [0.3, 0.4) is 0 Å². The molecule has 3 aromatic rings. The van der Waals surface area contributed by atoms with E-state index in [2.05, 4.69) is 4.98 Å². The molecular formula is C17H13NO3. The van der Waals surface area contributed by atoms with Crippen LogP contribution in [0, 0.1) is 0 Å². The van der Waals surface area contributed by atoms with Crippen molar-refractivity contribution >= 4 is 23.1 Å². The Morgan fingerprint density at radius 2 is 1.81 bits per heavy atom. The largest absolute Gasteiger partial charge is 0.497 e. The first-order valence-corrected chi connectivity index (χ1v) is 6.48. The van der Waals surface area contributed by atoms with Gasteiger partial charge in [0.1, 0.15) is 11.3 Å². The van der Waals surface area contributed by atoms with Crippen LogP contribution >= 0.6 is 0 Å². The van der Waals surface area contributed by atoms with Crippen LogP contribution in [0.4, 0.5) is 0 Å². The van der Waals surface area contributed by atoms with E-state index >= 15 is 0 Å². The average molecular weight is 279 g/mol. The molecule has 0 aliphatic carbocycles. The van der Waals surface area contributed by atoms with Crippen molar-refractivity contribution in [3.05, 3.63) is 70.3 Å². The van der Waals surface area contributed by atoms with Gasteiger partial charge < -0.3 is 9.15 Å². The fourth-order valence-electron chi connectivity index (χ4n) is 1.98. The lowest BCUT2D eigenvalue weighted by atomic mass is 10.2. The Hall–Kier alpha value is -2.88. The molecule has 0 bridgehead atoms. The van der Waals surface area contributed by atoms with E-state index in [-0.39, 0.29) is 11.4 Å². The molecule has 0 amide bonds. The summed E-state index contributed by atoms with van der Waals surface area (Å²) in [6, 6.07) is 14.6. The van der Waals surface area contributed by atoms with Crippen LogP contribution in [0.5, 0.6) is 5.75 Å². The van der Waals surface area contributed by atoms with Crippen molar-refractivity contribution in [3.8, 4) is 5.75 Å². The topological polar surface area (TPSA) is 52.3 Å². The first-order valence-electron chi connectivity index (χ1n) is 6.48. The van der Waals surface area contributed by atoms with Crippen LogP contribution in [-0.4, -0.2) is 12.1 Å². The molecule has 0 atom stereocenters. The highest BCUT2D eigenvalue weighted by Gasteiger charge is 2.02. The molecule has 1 heterocycles. The van der Waals surface area contributed by atoms with Crippen molar-refractivity contribution in [2.24, 2.45) is 0 Å². The molecule has 21 heavy (non-hydrogen) atoms. The van der Waals surface area contributed by atoms with Gasteiger partial charge in [-0.15, -0.1) is 0 Å². The Balaban J connectivity index is 1.93. The molecule has 1 aromatic heterocycles. The van der Waals surface area contributed by atoms with Gasteiger partial charge in [-0.1, -0.05) is 24.3 Å². The molecule has 0 unspecified atom stereocenters. The zero-order valence-corrected chi connectivity index (χ0v) is 11.4. The summed E-state index contributed by atoms with van der Waals surface area (Å²) in [6.07, 6.45) is 3.51. The number of hydrogen-bond donors (Lipinski definition) is 0. The van der Waals surface area contributed by atoms with E-state index < -0.39 is 0 Å². The van der Waals surface area contributed by atoms with Gasteiger partial charge in [-0.25, -0.2) is 0 Å². The zero-order chi connectivity index (χ0) is 14.7. The van der Waals surface area contributed by atoms with Gasteiger partial charge in [-0.05, 0) is 35.9 Å². The second-order valence-corrected chi connectivity index (χ2v) is 4.46. The van der Waals surface area contributed by atoms with E-state index in [1.807, 2.05) is 36.4 Å². The molecule has 0 N–H and O–H groups in total. The first-order chi connectivity index (χ1) is 10.3. The van der Waals surface area contributed by atoms with Gasteiger partial charge in [0.05, 0.1) is 12.5 Å². The number of aromatic nitrogens is 1. The van der Waals surface area contributed by atoms with E-state index in [4.69, 9.17) is 9.15 Å². The Kier molecular flexibility index (Phi) is 3.51. The van der Waals surface area contributed by atoms with Crippen LogP contribution in [0.2, 0.25) is 0 Å². The van der Waals surface area contributed by atoms with Gasteiger partial charge in [-0.2, -0.15) is 4.98 Å². The standard InChI is InChI=1S/C17H13NO3/c1-20-13-9-6-12(7-10-13)8-11-16-18-17(19)14-4-2-3-5-15(14)21-16/h2-11H,1H3/b11-8+. The van der Waals surface area contributed by atoms with Gasteiger partial charge >= 0.3 is 0 Å². The molecule has 4 heteroatoms. The molecule has 0 aliphatic heterocycles. The van der Waals surface area contributed by atoms with E-state index in [9.17, 15) is 4.79 Å². The summed E-state index contributed by atoms with van der Waals surface area (Å²) < 4.78 is 10.7. The van der Waals surface area contributed by atoms with Crippen molar-refractivity contribution in [2.75, 3.05) is 7.11 Å². The minimum absolute atomic E-state index is 0.286.